The van der Waals surface area contributed by atoms with E-state index in [1.54, 1.807) is 18.2 Å². The van der Waals surface area contributed by atoms with Crippen LogP contribution in [0.4, 0.5) is 26.3 Å². The number of nitrogens with one attached hydrogen (secondary N) is 1. The molecule has 3 saturated carbocycles. The summed E-state index contributed by atoms with van der Waals surface area (Å²) in [5.41, 5.74) is -0.0815. The molecule has 2 N–H and O–H groups in total. The van der Waals surface area contributed by atoms with Gasteiger partial charge in [-0.05, 0) is 91.7 Å². The molecule has 0 radical (unpaired) electrons. The molecule has 0 amide bonds. The molecular weight excluding hydrogens is 512 g/mol. The molecule has 2 aromatic rings. The van der Waals surface area contributed by atoms with Crippen LogP contribution in [0.2, 0.25) is 0 Å². The Morgan fingerprint density at radius 3 is 2.16 bits per heavy atom. The second-order valence-corrected chi connectivity index (χ2v) is 11.1. The van der Waals surface area contributed by atoms with E-state index in [4.69, 9.17) is 4.74 Å². The quantitative estimate of drug-likeness (QED) is 0.375. The first-order valence-corrected chi connectivity index (χ1v) is 13.2. The number of aliphatic carboxylic acids is 1. The Kier molecular flexibility index (Phi) is 7.30. The van der Waals surface area contributed by atoms with Gasteiger partial charge in [0.05, 0.1) is 17.9 Å². The maximum Gasteiger partial charge on any atom is 0.420 e. The van der Waals surface area contributed by atoms with Crippen LogP contribution >= 0.6 is 0 Å². The molecular formula is C28H31F6NO3. The van der Waals surface area contributed by atoms with Gasteiger partial charge in [0, 0.05) is 12.6 Å². The molecule has 2 aromatic carbocycles. The third-order valence-corrected chi connectivity index (χ3v) is 8.75. The topological polar surface area (TPSA) is 58.6 Å². The molecule has 0 spiro atoms. The zero-order valence-electron chi connectivity index (χ0n) is 20.7. The van der Waals surface area contributed by atoms with Crippen LogP contribution in [0.1, 0.15) is 62.5 Å². The minimum atomic E-state index is -4.69. The van der Waals surface area contributed by atoms with Crippen molar-refractivity contribution in [2.24, 2.45) is 23.7 Å². The summed E-state index contributed by atoms with van der Waals surface area (Å²) in [6.07, 6.45) is -6.61. The van der Waals surface area contributed by atoms with Gasteiger partial charge in [-0.15, -0.1) is 0 Å². The molecule has 3 aliphatic carbocycles. The van der Waals surface area contributed by atoms with Crippen molar-refractivity contribution in [2.45, 2.75) is 82.4 Å². The molecule has 3 aliphatic rings. The number of carboxylic acid groups (broad SMARTS) is 1. The Labute approximate surface area is 216 Å². The lowest BCUT2D eigenvalue weighted by Crippen LogP contribution is -2.43. The molecule has 2 unspecified atom stereocenters. The first-order chi connectivity index (χ1) is 17.9. The van der Waals surface area contributed by atoms with Crippen molar-refractivity contribution in [1.29, 1.82) is 0 Å². The van der Waals surface area contributed by atoms with Crippen molar-refractivity contribution < 1.29 is 41.0 Å². The van der Waals surface area contributed by atoms with E-state index in [0.717, 1.165) is 18.4 Å². The van der Waals surface area contributed by atoms with Crippen LogP contribution in [0.3, 0.4) is 0 Å². The van der Waals surface area contributed by atoms with Crippen molar-refractivity contribution in [1.82, 2.24) is 5.32 Å². The predicted molar refractivity (Wildman–Crippen MR) is 129 cm³/mol. The molecule has 4 nitrogen and oxygen atoms in total. The van der Waals surface area contributed by atoms with Gasteiger partial charge in [-0.1, -0.05) is 18.2 Å². The molecule has 2 atom stereocenters. The standard InChI is InChI=1S/C28H31F6NO3/c29-27(30,31)20-5-7-21(8-6-20)38-23-10-4-16-11-15(1-9-22(16)24(23)28(32,33)34)14-35-25-17-2-3-18(25)13-19(12-17)26(36)37/h1,4,9-11,17-21,25,35H,2-3,5-8,12-14H2,(H,36,37). The fraction of sp³-hybridized carbons (Fsp3) is 0.607. The largest absolute Gasteiger partial charge is 0.490 e. The molecule has 0 aromatic heterocycles. The van der Waals surface area contributed by atoms with E-state index < -0.39 is 35.9 Å². The van der Waals surface area contributed by atoms with Gasteiger partial charge in [0.15, 0.2) is 0 Å². The lowest BCUT2D eigenvalue weighted by molar-refractivity contribution is -0.185. The maximum atomic E-state index is 14.1. The summed E-state index contributed by atoms with van der Waals surface area (Å²) >= 11 is 0. The number of carbonyl (C=O) groups is 1. The van der Waals surface area contributed by atoms with Crippen LogP contribution in [0.15, 0.2) is 30.3 Å². The lowest BCUT2D eigenvalue weighted by Gasteiger charge is -2.34. The van der Waals surface area contributed by atoms with Gasteiger partial charge in [-0.25, -0.2) is 0 Å². The first-order valence-electron chi connectivity index (χ1n) is 13.2. The molecule has 0 aliphatic heterocycles. The lowest BCUT2D eigenvalue weighted by atomic mass is 9.77. The van der Waals surface area contributed by atoms with Crippen molar-refractivity contribution in [3.05, 3.63) is 41.5 Å². The number of hydrogen-bond acceptors (Lipinski definition) is 3. The van der Waals surface area contributed by atoms with Gasteiger partial charge in [-0.2, -0.15) is 26.3 Å². The number of halogens is 6. The van der Waals surface area contributed by atoms with Crippen LogP contribution in [0.5, 0.6) is 5.75 Å². The van der Waals surface area contributed by atoms with Gasteiger partial charge in [0.1, 0.15) is 11.3 Å². The van der Waals surface area contributed by atoms with Crippen molar-refractivity contribution in [3.8, 4) is 5.75 Å². The van der Waals surface area contributed by atoms with Crippen molar-refractivity contribution in [3.63, 3.8) is 0 Å². The van der Waals surface area contributed by atoms with Crippen LogP contribution in [-0.2, 0) is 17.5 Å². The molecule has 208 valence electrons. The Balaban J connectivity index is 1.30. The van der Waals surface area contributed by atoms with E-state index in [-0.39, 0.29) is 60.6 Å². The van der Waals surface area contributed by atoms with E-state index in [0.29, 0.717) is 24.8 Å². The molecule has 10 heteroatoms. The Bertz CT molecular complexity index is 1160. The number of fused-ring (bicyclic) bond motifs is 3. The molecule has 3 fully saturated rings. The Morgan fingerprint density at radius 2 is 1.58 bits per heavy atom. The predicted octanol–water partition coefficient (Wildman–Crippen LogP) is 7.34. The van der Waals surface area contributed by atoms with Crippen LogP contribution in [-0.4, -0.2) is 29.4 Å². The SMILES string of the molecule is O=C(O)C1CC2CCC(C1)C2NCc1ccc2c(C(F)(F)F)c(OC3CCC(C(F)(F)F)CC3)ccc2c1. The summed E-state index contributed by atoms with van der Waals surface area (Å²) in [7, 11) is 0. The first kappa shape index (κ1) is 27.1. The molecule has 5 rings (SSSR count). The van der Waals surface area contributed by atoms with Gasteiger partial charge >= 0.3 is 18.3 Å². The average Bonchev–Trinajstić information content (AvgIpc) is 3.07. The third-order valence-electron chi connectivity index (χ3n) is 8.75. The Hall–Kier alpha value is -2.49. The van der Waals surface area contributed by atoms with Gasteiger partial charge < -0.3 is 15.2 Å². The minimum absolute atomic E-state index is 0.00948. The van der Waals surface area contributed by atoms with Crippen LogP contribution in [0.25, 0.3) is 10.8 Å². The second-order valence-electron chi connectivity index (χ2n) is 11.1. The summed E-state index contributed by atoms with van der Waals surface area (Å²) in [4.78, 5) is 11.4. The summed E-state index contributed by atoms with van der Waals surface area (Å²) in [6.45, 7) is 0.466. The van der Waals surface area contributed by atoms with Crippen molar-refractivity contribution >= 4 is 16.7 Å². The highest BCUT2D eigenvalue weighted by molar-refractivity contribution is 5.89. The third kappa shape index (κ3) is 5.60. The van der Waals surface area contributed by atoms with E-state index >= 15 is 0 Å². The summed E-state index contributed by atoms with van der Waals surface area (Å²) in [6, 6.07) is 7.82. The number of rotatable bonds is 6. The maximum absolute atomic E-state index is 14.1. The number of carboxylic acids is 1. The normalized spacial score (nSPS) is 29.9. The highest BCUT2D eigenvalue weighted by atomic mass is 19.4. The highest BCUT2D eigenvalue weighted by Gasteiger charge is 2.45. The number of hydrogen-bond donors (Lipinski definition) is 2. The van der Waals surface area contributed by atoms with Gasteiger partial charge in [-0.3, -0.25) is 4.79 Å². The fourth-order valence-corrected chi connectivity index (χ4v) is 6.85. The van der Waals surface area contributed by atoms with Gasteiger partial charge in [0.25, 0.3) is 0 Å². The number of alkyl halides is 6. The van der Waals surface area contributed by atoms with E-state index in [1.165, 1.54) is 12.1 Å². The van der Waals surface area contributed by atoms with Crippen LogP contribution in [0, 0.1) is 23.7 Å². The summed E-state index contributed by atoms with van der Waals surface area (Å²) in [5, 5.41) is 13.3. The van der Waals surface area contributed by atoms with Crippen LogP contribution < -0.4 is 10.1 Å². The van der Waals surface area contributed by atoms with E-state index in [9.17, 15) is 36.2 Å². The van der Waals surface area contributed by atoms with Crippen molar-refractivity contribution in [2.75, 3.05) is 0 Å². The Morgan fingerprint density at radius 1 is 0.921 bits per heavy atom. The van der Waals surface area contributed by atoms with E-state index in [2.05, 4.69) is 5.32 Å². The molecule has 38 heavy (non-hydrogen) atoms. The average molecular weight is 544 g/mol. The summed E-state index contributed by atoms with van der Waals surface area (Å²) < 4.78 is 86.9. The highest BCUT2D eigenvalue weighted by Crippen LogP contribution is 2.46. The smallest absolute Gasteiger partial charge is 0.420 e. The number of ether oxygens (including phenoxy) is 1. The molecule has 0 heterocycles. The minimum Gasteiger partial charge on any atom is -0.490 e. The number of benzene rings is 2. The van der Waals surface area contributed by atoms with E-state index in [1.807, 2.05) is 0 Å². The zero-order chi connectivity index (χ0) is 27.2. The molecule has 2 bridgehead atoms. The molecule has 0 saturated heterocycles. The fourth-order valence-electron chi connectivity index (χ4n) is 6.85. The second kappa shape index (κ2) is 10.2. The monoisotopic (exact) mass is 543 g/mol. The zero-order valence-corrected chi connectivity index (χ0v) is 20.7. The van der Waals surface area contributed by atoms with Gasteiger partial charge in [0.2, 0.25) is 0 Å². The summed E-state index contributed by atoms with van der Waals surface area (Å²) in [5.74, 6) is -2.25.